The SMILES string of the molecule is CC(C)C(=O)C1=C(O)CCCC1. The number of hydrogen-bond donors (Lipinski definition) is 1. The highest BCUT2D eigenvalue weighted by Gasteiger charge is 2.20. The second-order valence-electron chi connectivity index (χ2n) is 3.65. The van der Waals surface area contributed by atoms with Crippen LogP contribution in [0.5, 0.6) is 0 Å². The molecule has 0 aromatic carbocycles. The number of aliphatic hydroxyl groups is 1. The molecule has 0 saturated carbocycles. The van der Waals surface area contributed by atoms with Crippen LogP contribution in [-0.4, -0.2) is 10.9 Å². The lowest BCUT2D eigenvalue weighted by molar-refractivity contribution is -0.118. The second-order valence-corrected chi connectivity index (χ2v) is 3.65. The van der Waals surface area contributed by atoms with Crippen molar-refractivity contribution < 1.29 is 9.90 Å². The molecule has 0 saturated heterocycles. The number of hydrogen-bond acceptors (Lipinski definition) is 2. The minimum Gasteiger partial charge on any atom is -0.512 e. The van der Waals surface area contributed by atoms with Gasteiger partial charge in [-0.25, -0.2) is 0 Å². The molecule has 0 bridgehead atoms. The summed E-state index contributed by atoms with van der Waals surface area (Å²) >= 11 is 0. The lowest BCUT2D eigenvalue weighted by atomic mass is 9.90. The van der Waals surface area contributed by atoms with Crippen molar-refractivity contribution in [3.05, 3.63) is 11.3 Å². The molecule has 1 rings (SSSR count). The van der Waals surface area contributed by atoms with Crippen molar-refractivity contribution in [2.24, 2.45) is 5.92 Å². The van der Waals surface area contributed by atoms with Crippen LogP contribution in [0.3, 0.4) is 0 Å². The van der Waals surface area contributed by atoms with Crippen LogP contribution >= 0.6 is 0 Å². The van der Waals surface area contributed by atoms with Gasteiger partial charge in [0.25, 0.3) is 0 Å². The molecule has 0 fully saturated rings. The van der Waals surface area contributed by atoms with Gasteiger partial charge >= 0.3 is 0 Å². The molecule has 2 nitrogen and oxygen atoms in total. The summed E-state index contributed by atoms with van der Waals surface area (Å²) in [4.78, 5) is 11.5. The molecule has 2 heteroatoms. The number of Topliss-reactive ketones (excluding diaryl/α,β-unsaturated/α-hetero) is 1. The van der Waals surface area contributed by atoms with Gasteiger partial charge in [-0.2, -0.15) is 0 Å². The Labute approximate surface area is 73.3 Å². The van der Waals surface area contributed by atoms with Gasteiger partial charge in [0.2, 0.25) is 0 Å². The van der Waals surface area contributed by atoms with Gasteiger partial charge in [0, 0.05) is 17.9 Å². The lowest BCUT2D eigenvalue weighted by Gasteiger charge is -2.16. The maximum absolute atomic E-state index is 11.5. The quantitative estimate of drug-likeness (QED) is 0.688. The van der Waals surface area contributed by atoms with Crippen molar-refractivity contribution >= 4 is 5.78 Å². The lowest BCUT2D eigenvalue weighted by Crippen LogP contribution is -2.15. The monoisotopic (exact) mass is 168 g/mol. The first-order valence-electron chi connectivity index (χ1n) is 4.58. The molecule has 12 heavy (non-hydrogen) atoms. The van der Waals surface area contributed by atoms with E-state index in [0.29, 0.717) is 17.8 Å². The first kappa shape index (κ1) is 9.30. The van der Waals surface area contributed by atoms with Crippen LogP contribution in [0.25, 0.3) is 0 Å². The van der Waals surface area contributed by atoms with Crippen LogP contribution in [-0.2, 0) is 4.79 Å². The summed E-state index contributed by atoms with van der Waals surface area (Å²) in [6.45, 7) is 3.74. The first-order valence-corrected chi connectivity index (χ1v) is 4.58. The highest BCUT2D eigenvalue weighted by atomic mass is 16.3. The molecule has 0 aromatic heterocycles. The van der Waals surface area contributed by atoms with Crippen LogP contribution in [0.4, 0.5) is 0 Å². The third-order valence-corrected chi connectivity index (χ3v) is 2.26. The highest BCUT2D eigenvalue weighted by molar-refractivity contribution is 5.97. The molecule has 0 aliphatic heterocycles. The summed E-state index contributed by atoms with van der Waals surface area (Å²) in [5.74, 6) is 0.465. The Morgan fingerprint density at radius 3 is 2.42 bits per heavy atom. The zero-order chi connectivity index (χ0) is 9.14. The van der Waals surface area contributed by atoms with Crippen LogP contribution in [0.15, 0.2) is 11.3 Å². The molecule has 0 atom stereocenters. The summed E-state index contributed by atoms with van der Waals surface area (Å²) in [6, 6.07) is 0. The Morgan fingerprint density at radius 2 is 1.92 bits per heavy atom. The Balaban J connectivity index is 2.78. The zero-order valence-electron chi connectivity index (χ0n) is 7.76. The van der Waals surface area contributed by atoms with E-state index in [-0.39, 0.29) is 11.7 Å². The van der Waals surface area contributed by atoms with Gasteiger partial charge in [-0.15, -0.1) is 0 Å². The molecular formula is C10H16O2. The van der Waals surface area contributed by atoms with Crippen LogP contribution in [0, 0.1) is 5.92 Å². The molecule has 1 N–H and O–H groups in total. The average Bonchev–Trinajstić information content (AvgIpc) is 2.04. The molecule has 0 amide bonds. The van der Waals surface area contributed by atoms with Crippen molar-refractivity contribution in [1.82, 2.24) is 0 Å². The molecule has 0 spiro atoms. The minimum absolute atomic E-state index is 0.0141. The molecular weight excluding hydrogens is 152 g/mol. The van der Waals surface area contributed by atoms with Crippen molar-refractivity contribution in [1.29, 1.82) is 0 Å². The van der Waals surface area contributed by atoms with Crippen molar-refractivity contribution in [3.8, 4) is 0 Å². The van der Waals surface area contributed by atoms with E-state index in [9.17, 15) is 9.90 Å². The molecule has 0 heterocycles. The maximum atomic E-state index is 11.5. The fraction of sp³-hybridized carbons (Fsp3) is 0.700. The number of allylic oxidation sites excluding steroid dienone is 2. The standard InChI is InChI=1S/C10H16O2/c1-7(2)10(12)8-5-3-4-6-9(8)11/h7,11H,3-6H2,1-2H3. The average molecular weight is 168 g/mol. The maximum Gasteiger partial charge on any atom is 0.164 e. The van der Waals surface area contributed by atoms with Gasteiger partial charge in [-0.05, 0) is 19.3 Å². The van der Waals surface area contributed by atoms with Crippen molar-refractivity contribution in [2.75, 3.05) is 0 Å². The molecule has 0 aromatic rings. The Hall–Kier alpha value is -0.790. The fourth-order valence-electron chi connectivity index (χ4n) is 1.50. The van der Waals surface area contributed by atoms with Crippen molar-refractivity contribution in [2.45, 2.75) is 39.5 Å². The van der Waals surface area contributed by atoms with E-state index < -0.39 is 0 Å². The predicted octanol–water partition coefficient (Wildman–Crippen LogP) is 2.60. The zero-order valence-corrected chi connectivity index (χ0v) is 7.76. The highest BCUT2D eigenvalue weighted by Crippen LogP contribution is 2.25. The third kappa shape index (κ3) is 1.87. The fourth-order valence-corrected chi connectivity index (χ4v) is 1.50. The Kier molecular flexibility index (Phi) is 2.90. The van der Waals surface area contributed by atoms with Gasteiger partial charge in [-0.1, -0.05) is 13.8 Å². The van der Waals surface area contributed by atoms with E-state index in [0.717, 1.165) is 19.3 Å². The van der Waals surface area contributed by atoms with Gasteiger partial charge in [0.05, 0.1) is 5.76 Å². The number of carbonyl (C=O) groups is 1. The van der Waals surface area contributed by atoms with Crippen LogP contribution in [0.2, 0.25) is 0 Å². The van der Waals surface area contributed by atoms with Gasteiger partial charge < -0.3 is 5.11 Å². The number of aliphatic hydroxyl groups excluding tert-OH is 1. The van der Waals surface area contributed by atoms with E-state index >= 15 is 0 Å². The van der Waals surface area contributed by atoms with Gasteiger partial charge in [-0.3, -0.25) is 4.79 Å². The number of carbonyl (C=O) groups excluding carboxylic acids is 1. The van der Waals surface area contributed by atoms with E-state index in [4.69, 9.17) is 0 Å². The summed E-state index contributed by atoms with van der Waals surface area (Å²) in [6.07, 6.45) is 3.51. The van der Waals surface area contributed by atoms with Crippen LogP contribution < -0.4 is 0 Å². The predicted molar refractivity (Wildman–Crippen MR) is 48.0 cm³/mol. The first-order chi connectivity index (χ1) is 5.63. The van der Waals surface area contributed by atoms with Crippen LogP contribution in [0.1, 0.15) is 39.5 Å². The smallest absolute Gasteiger partial charge is 0.164 e. The molecule has 0 radical (unpaired) electrons. The van der Waals surface area contributed by atoms with E-state index in [2.05, 4.69) is 0 Å². The second kappa shape index (κ2) is 3.74. The Morgan fingerprint density at radius 1 is 1.33 bits per heavy atom. The van der Waals surface area contributed by atoms with E-state index in [1.54, 1.807) is 0 Å². The van der Waals surface area contributed by atoms with E-state index in [1.807, 2.05) is 13.8 Å². The summed E-state index contributed by atoms with van der Waals surface area (Å²) in [5, 5.41) is 9.45. The van der Waals surface area contributed by atoms with Gasteiger partial charge in [0.1, 0.15) is 0 Å². The van der Waals surface area contributed by atoms with Gasteiger partial charge in [0.15, 0.2) is 5.78 Å². The number of rotatable bonds is 2. The Bertz CT molecular complexity index is 214. The van der Waals surface area contributed by atoms with Crippen molar-refractivity contribution in [3.63, 3.8) is 0 Å². The third-order valence-electron chi connectivity index (χ3n) is 2.26. The normalized spacial score (nSPS) is 18.6. The largest absolute Gasteiger partial charge is 0.512 e. The molecule has 1 aliphatic rings. The molecule has 1 aliphatic carbocycles. The van der Waals surface area contributed by atoms with E-state index in [1.165, 1.54) is 0 Å². The molecule has 0 unspecified atom stereocenters. The number of ketones is 1. The summed E-state index contributed by atoms with van der Waals surface area (Å²) in [7, 11) is 0. The minimum atomic E-state index is 0.0141. The molecule has 68 valence electrons. The topological polar surface area (TPSA) is 37.3 Å². The summed E-state index contributed by atoms with van der Waals surface area (Å²) < 4.78 is 0. The summed E-state index contributed by atoms with van der Waals surface area (Å²) in [5.41, 5.74) is 0.677.